The van der Waals surface area contributed by atoms with E-state index >= 15 is 0 Å². The third-order valence-electron chi connectivity index (χ3n) is 1.74. The lowest BCUT2D eigenvalue weighted by atomic mass is 9.87. The van der Waals surface area contributed by atoms with Gasteiger partial charge in [0.05, 0.1) is 13.2 Å². The summed E-state index contributed by atoms with van der Waals surface area (Å²) in [5.41, 5.74) is -1.35. The van der Waals surface area contributed by atoms with Crippen molar-refractivity contribution in [1.82, 2.24) is 0 Å². The summed E-state index contributed by atoms with van der Waals surface area (Å²) in [6, 6.07) is 0. The molecule has 0 saturated heterocycles. The molecule has 0 heterocycles. The van der Waals surface area contributed by atoms with E-state index in [1.54, 1.807) is 6.92 Å². The van der Waals surface area contributed by atoms with Gasteiger partial charge in [-0.25, -0.2) is 0 Å². The van der Waals surface area contributed by atoms with E-state index in [-0.39, 0.29) is 19.4 Å². The van der Waals surface area contributed by atoms with Crippen LogP contribution in [0.25, 0.3) is 0 Å². The van der Waals surface area contributed by atoms with Crippen LogP contribution < -0.4 is 0 Å². The van der Waals surface area contributed by atoms with E-state index < -0.39 is 24.6 Å². The van der Waals surface area contributed by atoms with Gasteiger partial charge in [-0.3, -0.25) is 14.4 Å². The Hall–Kier alpha value is -1.67. The van der Waals surface area contributed by atoms with Crippen molar-refractivity contribution < 1.29 is 39.9 Å². The summed E-state index contributed by atoms with van der Waals surface area (Å²) >= 11 is 0. The predicted molar refractivity (Wildman–Crippen MR) is 51.9 cm³/mol. The molecule has 0 aliphatic carbocycles. The Morgan fingerprint density at radius 1 is 1.12 bits per heavy atom. The Labute approximate surface area is 91.8 Å². The van der Waals surface area contributed by atoms with Crippen LogP contribution in [0, 0.1) is 5.41 Å². The lowest BCUT2D eigenvalue weighted by Crippen LogP contribution is -2.37. The number of hydrogen-bond donors (Lipinski definition) is 5. The van der Waals surface area contributed by atoms with Gasteiger partial charge in [0.1, 0.15) is 5.41 Å². The zero-order valence-corrected chi connectivity index (χ0v) is 8.74. The molecule has 5 N–H and O–H groups in total. The maximum Gasteiger partial charge on any atom is 0.314 e. The zero-order valence-electron chi connectivity index (χ0n) is 8.74. The van der Waals surface area contributed by atoms with Gasteiger partial charge < -0.3 is 25.5 Å². The van der Waals surface area contributed by atoms with Crippen molar-refractivity contribution in [3.8, 4) is 0 Å². The van der Waals surface area contributed by atoms with Crippen molar-refractivity contribution in [2.45, 2.75) is 13.3 Å². The minimum Gasteiger partial charge on any atom is -0.483 e. The Kier molecular flexibility index (Phi) is 16.5. The summed E-state index contributed by atoms with van der Waals surface area (Å²) in [7, 11) is 0. The highest BCUT2D eigenvalue weighted by atomic mass is 16.4. The fraction of sp³-hybridized carbons (Fsp3) is 0.625. The van der Waals surface area contributed by atoms with Gasteiger partial charge in [0.25, 0.3) is 12.9 Å². The standard InChI is InChI=1S/C6H12O4.2CH2O2/c1-2-6(3-7,4-8)5(9)10;2*2-1-3/h7-8H,2-4H2,1H3,(H,9,10);2*1H,(H,2,3). The summed E-state index contributed by atoms with van der Waals surface area (Å²) < 4.78 is 0. The molecule has 0 radical (unpaired) electrons. The van der Waals surface area contributed by atoms with Gasteiger partial charge in [-0.1, -0.05) is 6.92 Å². The van der Waals surface area contributed by atoms with Crippen molar-refractivity contribution >= 4 is 18.9 Å². The van der Waals surface area contributed by atoms with Gasteiger partial charge in [-0.05, 0) is 6.42 Å². The van der Waals surface area contributed by atoms with Crippen LogP contribution in [0.3, 0.4) is 0 Å². The number of hydrogen-bond acceptors (Lipinski definition) is 5. The molecule has 0 aromatic rings. The third kappa shape index (κ3) is 8.91. The van der Waals surface area contributed by atoms with Gasteiger partial charge in [-0.15, -0.1) is 0 Å². The summed E-state index contributed by atoms with van der Waals surface area (Å²) in [6.07, 6.45) is 0.231. The van der Waals surface area contributed by atoms with Crippen LogP contribution in [0.2, 0.25) is 0 Å². The maximum atomic E-state index is 10.4. The number of aliphatic hydroxyl groups excluding tert-OH is 2. The summed E-state index contributed by atoms with van der Waals surface area (Å²) in [5.74, 6) is -1.15. The largest absolute Gasteiger partial charge is 0.483 e. The molecule has 0 aliphatic heterocycles. The number of carboxylic acid groups (broad SMARTS) is 3. The van der Waals surface area contributed by atoms with E-state index in [1.165, 1.54) is 0 Å². The molecule has 96 valence electrons. The van der Waals surface area contributed by atoms with Crippen LogP contribution >= 0.6 is 0 Å². The number of aliphatic hydroxyl groups is 2. The molecule has 0 aliphatic rings. The molecule has 8 heteroatoms. The van der Waals surface area contributed by atoms with Crippen molar-refractivity contribution in [1.29, 1.82) is 0 Å². The minimum atomic E-state index is -1.35. The maximum absolute atomic E-state index is 10.4. The lowest BCUT2D eigenvalue weighted by molar-refractivity contribution is -0.154. The predicted octanol–water partition coefficient (Wildman–Crippen LogP) is -1.15. The molecule has 8 nitrogen and oxygen atoms in total. The quantitative estimate of drug-likeness (QED) is 0.386. The zero-order chi connectivity index (χ0) is 13.6. The SMILES string of the molecule is CCC(CO)(CO)C(=O)O.O=CO.O=CO. The second-order valence-corrected chi connectivity index (χ2v) is 2.47. The first kappa shape index (κ1) is 19.8. The number of carbonyl (C=O) groups is 3. The first-order valence-electron chi connectivity index (χ1n) is 4.07. The molecule has 16 heavy (non-hydrogen) atoms. The minimum absolute atomic E-state index is 0.231. The van der Waals surface area contributed by atoms with E-state index in [2.05, 4.69) is 0 Å². The highest BCUT2D eigenvalue weighted by Gasteiger charge is 2.35. The molecule has 0 rings (SSSR count). The molecular formula is C8H16O8. The highest BCUT2D eigenvalue weighted by molar-refractivity contribution is 5.74. The van der Waals surface area contributed by atoms with Gasteiger partial charge >= 0.3 is 5.97 Å². The summed E-state index contributed by atoms with van der Waals surface area (Å²) in [5, 5.41) is 39.5. The molecular weight excluding hydrogens is 224 g/mol. The van der Waals surface area contributed by atoms with Crippen molar-refractivity contribution in [2.24, 2.45) is 5.41 Å². The average Bonchev–Trinajstić information content (AvgIpc) is 2.23. The molecule has 0 unspecified atom stereocenters. The van der Waals surface area contributed by atoms with Gasteiger partial charge in [0.2, 0.25) is 0 Å². The Morgan fingerprint density at radius 2 is 1.38 bits per heavy atom. The van der Waals surface area contributed by atoms with Crippen molar-refractivity contribution in [3.63, 3.8) is 0 Å². The molecule has 0 aromatic heterocycles. The molecule has 0 fully saturated rings. The van der Waals surface area contributed by atoms with E-state index in [0.717, 1.165) is 0 Å². The Morgan fingerprint density at radius 3 is 1.38 bits per heavy atom. The van der Waals surface area contributed by atoms with Crippen molar-refractivity contribution in [3.05, 3.63) is 0 Å². The average molecular weight is 240 g/mol. The molecule has 0 bridgehead atoms. The van der Waals surface area contributed by atoms with E-state index in [1.807, 2.05) is 0 Å². The monoisotopic (exact) mass is 240 g/mol. The molecule has 0 amide bonds. The molecule has 0 saturated carbocycles. The lowest BCUT2D eigenvalue weighted by Gasteiger charge is -2.21. The number of carboxylic acids is 1. The van der Waals surface area contributed by atoms with Crippen LogP contribution in [0.15, 0.2) is 0 Å². The normalized spacial score (nSPS) is 8.69. The fourth-order valence-electron chi connectivity index (χ4n) is 0.560. The van der Waals surface area contributed by atoms with Crippen molar-refractivity contribution in [2.75, 3.05) is 13.2 Å². The van der Waals surface area contributed by atoms with Crippen LogP contribution in [-0.4, -0.2) is 57.7 Å². The van der Waals surface area contributed by atoms with E-state index in [0.29, 0.717) is 0 Å². The third-order valence-corrected chi connectivity index (χ3v) is 1.74. The molecule has 0 spiro atoms. The molecule has 0 aromatic carbocycles. The first-order valence-corrected chi connectivity index (χ1v) is 4.07. The number of aliphatic carboxylic acids is 1. The summed E-state index contributed by atoms with van der Waals surface area (Å²) in [6.45, 7) is 0.0746. The summed E-state index contributed by atoms with van der Waals surface area (Å²) in [4.78, 5) is 27.1. The highest BCUT2D eigenvalue weighted by Crippen LogP contribution is 2.19. The fourth-order valence-corrected chi connectivity index (χ4v) is 0.560. The topological polar surface area (TPSA) is 152 Å². The van der Waals surface area contributed by atoms with Crippen LogP contribution in [-0.2, 0) is 14.4 Å². The molecule has 0 atom stereocenters. The Bertz CT molecular complexity index is 172. The van der Waals surface area contributed by atoms with E-state index in [4.69, 9.17) is 35.1 Å². The smallest absolute Gasteiger partial charge is 0.314 e. The van der Waals surface area contributed by atoms with Gasteiger partial charge in [0, 0.05) is 0 Å². The number of rotatable bonds is 4. The Balaban J connectivity index is -0.000000235. The van der Waals surface area contributed by atoms with Gasteiger partial charge in [0.15, 0.2) is 0 Å². The second-order valence-electron chi connectivity index (χ2n) is 2.47. The van der Waals surface area contributed by atoms with Crippen LogP contribution in [0.4, 0.5) is 0 Å². The first-order chi connectivity index (χ1) is 7.45. The van der Waals surface area contributed by atoms with E-state index in [9.17, 15) is 4.79 Å². The van der Waals surface area contributed by atoms with Crippen LogP contribution in [0.5, 0.6) is 0 Å². The van der Waals surface area contributed by atoms with Gasteiger partial charge in [-0.2, -0.15) is 0 Å². The second kappa shape index (κ2) is 13.3. The van der Waals surface area contributed by atoms with Crippen LogP contribution in [0.1, 0.15) is 13.3 Å².